The number of anilines is 2. The van der Waals surface area contributed by atoms with Crippen LogP contribution >= 0.6 is 0 Å². The van der Waals surface area contributed by atoms with Crippen LogP contribution in [-0.2, 0) is 6.42 Å². The lowest BCUT2D eigenvalue weighted by Crippen LogP contribution is -2.02. The fraction of sp³-hybridized carbons (Fsp3) is 0.200. The second kappa shape index (κ2) is 10.7. The Morgan fingerprint density at radius 1 is 0.935 bits per heavy atom. The van der Waals surface area contributed by atoms with Crippen LogP contribution in [0, 0.1) is 11.6 Å². The predicted octanol–water partition coefficient (Wildman–Crippen LogP) is 7.60. The van der Waals surface area contributed by atoms with Crippen LogP contribution in [0.25, 0.3) is 0 Å². The number of allylic oxidation sites excluding steroid dienone is 1. The lowest BCUT2D eigenvalue weighted by molar-refractivity contribution is -0.0498. The molecule has 2 nitrogen and oxygen atoms in total. The van der Waals surface area contributed by atoms with Gasteiger partial charge in [0.25, 0.3) is 0 Å². The second-order valence-electron chi connectivity index (χ2n) is 7.13. The van der Waals surface area contributed by atoms with Gasteiger partial charge in [-0.3, -0.25) is 0 Å². The highest BCUT2D eigenvalue weighted by atomic mass is 19.3. The van der Waals surface area contributed by atoms with E-state index in [2.05, 4.69) is 16.6 Å². The number of alkyl halides is 2. The first-order valence-corrected chi connectivity index (χ1v) is 9.93. The first kappa shape index (κ1) is 22.4. The lowest BCUT2D eigenvalue weighted by Gasteiger charge is -2.14. The summed E-state index contributed by atoms with van der Waals surface area (Å²) in [5.74, 6) is -0.553. The summed E-state index contributed by atoms with van der Waals surface area (Å²) < 4.78 is 56.2. The van der Waals surface area contributed by atoms with Gasteiger partial charge in [-0.1, -0.05) is 24.3 Å². The molecule has 0 amide bonds. The van der Waals surface area contributed by atoms with E-state index in [-0.39, 0.29) is 23.3 Å². The first-order valence-electron chi connectivity index (χ1n) is 9.93. The molecule has 0 spiro atoms. The standard InChI is InChI=1S/C25H23F4NO/c1-2-18(19-7-13-22(14-8-19)31-25(28)29)5-3-4-17-6-15-23(27)24(16-17)30-21-11-9-20(26)10-12-21/h2,6-16,18,25,30H,1,3-5H2. The maximum atomic E-state index is 14.2. The monoisotopic (exact) mass is 429 g/mol. The third kappa shape index (κ3) is 6.60. The molecule has 0 bridgehead atoms. The number of hydrogen-bond donors (Lipinski definition) is 1. The van der Waals surface area contributed by atoms with Crippen molar-refractivity contribution < 1.29 is 22.3 Å². The Bertz CT molecular complexity index is 987. The van der Waals surface area contributed by atoms with E-state index in [1.54, 1.807) is 36.4 Å². The van der Waals surface area contributed by atoms with Crippen molar-refractivity contribution in [1.82, 2.24) is 0 Å². The Kier molecular flexibility index (Phi) is 7.70. The minimum Gasteiger partial charge on any atom is -0.435 e. The molecule has 0 saturated heterocycles. The third-order valence-corrected chi connectivity index (χ3v) is 4.95. The van der Waals surface area contributed by atoms with Gasteiger partial charge in [-0.25, -0.2) is 8.78 Å². The summed E-state index contributed by atoms with van der Waals surface area (Å²) >= 11 is 0. The molecule has 0 saturated carbocycles. The van der Waals surface area contributed by atoms with Crippen molar-refractivity contribution >= 4 is 11.4 Å². The van der Waals surface area contributed by atoms with E-state index in [9.17, 15) is 17.6 Å². The topological polar surface area (TPSA) is 21.3 Å². The third-order valence-electron chi connectivity index (χ3n) is 4.95. The lowest BCUT2D eigenvalue weighted by atomic mass is 9.92. The van der Waals surface area contributed by atoms with Gasteiger partial charge in [0.1, 0.15) is 17.4 Å². The normalized spacial score (nSPS) is 11.9. The first-order chi connectivity index (χ1) is 14.9. The fourth-order valence-corrected chi connectivity index (χ4v) is 3.36. The number of aryl methyl sites for hydroxylation is 1. The van der Waals surface area contributed by atoms with Gasteiger partial charge < -0.3 is 10.1 Å². The average Bonchev–Trinajstić information content (AvgIpc) is 2.75. The number of benzene rings is 3. The highest BCUT2D eigenvalue weighted by Gasteiger charge is 2.10. The van der Waals surface area contributed by atoms with Crippen molar-refractivity contribution in [2.75, 3.05) is 5.32 Å². The molecule has 3 aromatic carbocycles. The molecule has 1 atom stereocenters. The van der Waals surface area contributed by atoms with E-state index < -0.39 is 6.61 Å². The molecule has 6 heteroatoms. The van der Waals surface area contributed by atoms with E-state index >= 15 is 0 Å². The van der Waals surface area contributed by atoms with Crippen LogP contribution in [0.3, 0.4) is 0 Å². The van der Waals surface area contributed by atoms with Gasteiger partial charge in [-0.05, 0) is 78.9 Å². The molecule has 0 aliphatic carbocycles. The van der Waals surface area contributed by atoms with E-state index in [4.69, 9.17) is 0 Å². The fourth-order valence-electron chi connectivity index (χ4n) is 3.36. The van der Waals surface area contributed by atoms with Gasteiger partial charge in [0.2, 0.25) is 0 Å². The molecule has 162 valence electrons. The molecule has 0 aliphatic rings. The molecule has 0 aromatic heterocycles. The highest BCUT2D eigenvalue weighted by molar-refractivity contribution is 5.60. The number of halogens is 4. The number of nitrogens with one attached hydrogen (secondary N) is 1. The van der Waals surface area contributed by atoms with Crippen molar-refractivity contribution in [3.8, 4) is 5.75 Å². The molecule has 31 heavy (non-hydrogen) atoms. The molecule has 0 fully saturated rings. The molecule has 0 radical (unpaired) electrons. The second-order valence-corrected chi connectivity index (χ2v) is 7.13. The summed E-state index contributed by atoms with van der Waals surface area (Å²) in [5.41, 5.74) is 2.87. The van der Waals surface area contributed by atoms with Crippen LogP contribution in [0.4, 0.5) is 28.9 Å². The van der Waals surface area contributed by atoms with Crippen molar-refractivity contribution in [3.63, 3.8) is 0 Å². The van der Waals surface area contributed by atoms with E-state index in [1.807, 2.05) is 6.08 Å². The molecule has 3 rings (SSSR count). The molecular weight excluding hydrogens is 406 g/mol. The van der Waals surface area contributed by atoms with Crippen LogP contribution in [0.15, 0.2) is 79.4 Å². The summed E-state index contributed by atoms with van der Waals surface area (Å²) in [7, 11) is 0. The Morgan fingerprint density at radius 3 is 2.29 bits per heavy atom. The maximum Gasteiger partial charge on any atom is 0.387 e. The Balaban J connectivity index is 1.58. The number of rotatable bonds is 10. The Hall–Kier alpha value is -3.28. The van der Waals surface area contributed by atoms with E-state index in [0.29, 0.717) is 11.4 Å². The van der Waals surface area contributed by atoms with Crippen molar-refractivity contribution in [2.45, 2.75) is 31.8 Å². The zero-order chi connectivity index (χ0) is 22.2. The summed E-state index contributed by atoms with van der Waals surface area (Å²) in [6.07, 6.45) is 4.19. The van der Waals surface area contributed by atoms with Gasteiger partial charge in [-0.2, -0.15) is 8.78 Å². The molecule has 0 heterocycles. The van der Waals surface area contributed by atoms with Gasteiger partial charge in [0.15, 0.2) is 0 Å². The van der Waals surface area contributed by atoms with Crippen LogP contribution < -0.4 is 10.1 Å². The molecular formula is C25H23F4NO. The maximum absolute atomic E-state index is 14.2. The molecule has 3 aromatic rings. The molecule has 1 N–H and O–H groups in total. The van der Waals surface area contributed by atoms with Crippen LogP contribution in [-0.4, -0.2) is 6.61 Å². The van der Waals surface area contributed by atoms with Crippen LogP contribution in [0.2, 0.25) is 0 Å². The largest absolute Gasteiger partial charge is 0.435 e. The Labute approximate surface area is 179 Å². The van der Waals surface area contributed by atoms with Crippen molar-refractivity contribution in [2.24, 2.45) is 0 Å². The zero-order valence-corrected chi connectivity index (χ0v) is 16.8. The van der Waals surface area contributed by atoms with Crippen molar-refractivity contribution in [1.29, 1.82) is 0 Å². The number of hydrogen-bond acceptors (Lipinski definition) is 2. The van der Waals surface area contributed by atoms with Crippen LogP contribution in [0.5, 0.6) is 5.75 Å². The van der Waals surface area contributed by atoms with Gasteiger partial charge in [-0.15, -0.1) is 6.58 Å². The molecule has 1 unspecified atom stereocenters. The summed E-state index contributed by atoms with van der Waals surface area (Å²) in [6, 6.07) is 17.2. The van der Waals surface area contributed by atoms with E-state index in [1.165, 1.54) is 30.3 Å². The predicted molar refractivity (Wildman–Crippen MR) is 115 cm³/mol. The summed E-state index contributed by atoms with van der Waals surface area (Å²) in [6.45, 7) is 1.03. The SMILES string of the molecule is C=CC(CCCc1ccc(F)c(Nc2ccc(F)cc2)c1)c1ccc(OC(F)F)cc1. The molecule has 0 aliphatic heterocycles. The van der Waals surface area contributed by atoms with Gasteiger partial charge >= 0.3 is 6.61 Å². The summed E-state index contributed by atoms with van der Waals surface area (Å²) in [5, 5.41) is 2.97. The minimum atomic E-state index is -2.85. The number of ether oxygens (including phenoxy) is 1. The Morgan fingerprint density at radius 2 is 1.65 bits per heavy atom. The van der Waals surface area contributed by atoms with Gasteiger partial charge in [0.05, 0.1) is 5.69 Å². The van der Waals surface area contributed by atoms with E-state index in [0.717, 1.165) is 30.4 Å². The van der Waals surface area contributed by atoms with Crippen LogP contribution in [0.1, 0.15) is 29.9 Å². The quantitative estimate of drug-likeness (QED) is 0.265. The average molecular weight is 429 g/mol. The summed E-state index contributed by atoms with van der Waals surface area (Å²) in [4.78, 5) is 0. The van der Waals surface area contributed by atoms with Crippen molar-refractivity contribution in [3.05, 3.63) is 102 Å². The highest BCUT2D eigenvalue weighted by Crippen LogP contribution is 2.27. The smallest absolute Gasteiger partial charge is 0.387 e. The van der Waals surface area contributed by atoms with Gasteiger partial charge in [0, 0.05) is 11.6 Å². The zero-order valence-electron chi connectivity index (χ0n) is 16.8. The minimum absolute atomic E-state index is 0.0675.